The second-order valence-corrected chi connectivity index (χ2v) is 9.85. The third-order valence-corrected chi connectivity index (χ3v) is 6.59. The highest BCUT2D eigenvalue weighted by Gasteiger charge is 2.43. The van der Waals surface area contributed by atoms with Crippen molar-refractivity contribution in [3.05, 3.63) is 70.3 Å². The number of allylic oxidation sites excluding steroid dienone is 3. The van der Waals surface area contributed by atoms with Gasteiger partial charge in [-0.1, -0.05) is 19.9 Å². The number of anilines is 1. The van der Waals surface area contributed by atoms with E-state index < -0.39 is 17.6 Å². The monoisotopic (exact) mass is 494 g/mol. The van der Waals surface area contributed by atoms with Crippen LogP contribution in [-0.2, 0) is 9.59 Å². The molecule has 2 aromatic carbocycles. The summed E-state index contributed by atoms with van der Waals surface area (Å²) < 4.78 is 30.4. The smallest absolute Gasteiger partial charge is 0.254 e. The number of dihydropyridines is 1. The Kier molecular flexibility index (Phi) is 6.80. The number of rotatable bonds is 6. The normalized spacial score (nSPS) is 18.9. The zero-order valence-corrected chi connectivity index (χ0v) is 21.4. The molecule has 0 saturated heterocycles. The molecule has 0 radical (unpaired) electrons. The molecule has 2 N–H and O–H groups in total. The van der Waals surface area contributed by atoms with Gasteiger partial charge in [-0.25, -0.2) is 4.39 Å². The number of nitrogens with one attached hydrogen (secondary N) is 2. The zero-order chi connectivity index (χ0) is 26.2. The van der Waals surface area contributed by atoms with Gasteiger partial charge in [-0.3, -0.25) is 9.59 Å². The average Bonchev–Trinajstić information content (AvgIpc) is 2.81. The first-order valence-electron chi connectivity index (χ1n) is 11.7. The molecule has 1 aliphatic carbocycles. The van der Waals surface area contributed by atoms with Gasteiger partial charge in [-0.05, 0) is 54.7 Å². The van der Waals surface area contributed by atoms with E-state index >= 15 is 0 Å². The SMILES string of the molecule is COc1cc([C@H]2C(C(=O)Nc3cccc(F)c3)=C(C)NC3=C2C(=O)CC(C)(C)C3)cc(OC)c1OC. The van der Waals surface area contributed by atoms with Crippen LogP contribution >= 0.6 is 0 Å². The lowest BCUT2D eigenvalue weighted by atomic mass is 9.68. The van der Waals surface area contributed by atoms with E-state index in [1.807, 2.05) is 0 Å². The van der Waals surface area contributed by atoms with Crippen molar-refractivity contribution in [2.24, 2.45) is 5.41 Å². The summed E-state index contributed by atoms with van der Waals surface area (Å²) in [6.45, 7) is 5.91. The number of hydrogen-bond donors (Lipinski definition) is 2. The standard InChI is InChI=1S/C28H31FN2O5/c1-15-23(27(33)31-18-9-7-8-17(29)12-18)24(25-19(30-15)13-28(2,3)14-20(25)32)16-10-21(34-4)26(36-6)22(11-16)35-5/h7-12,24,30H,13-14H2,1-6H3,(H,31,33)/t24-/m0/s1. The molecule has 0 aromatic heterocycles. The molecular weight excluding hydrogens is 463 g/mol. The molecule has 2 aromatic rings. The van der Waals surface area contributed by atoms with Crippen molar-refractivity contribution in [3.63, 3.8) is 0 Å². The second kappa shape index (κ2) is 9.68. The van der Waals surface area contributed by atoms with E-state index in [1.165, 1.54) is 39.5 Å². The molecule has 1 heterocycles. The third kappa shape index (κ3) is 4.67. The number of carbonyl (C=O) groups excluding carboxylic acids is 2. The van der Waals surface area contributed by atoms with E-state index in [-0.39, 0.29) is 11.2 Å². The number of ketones is 1. The average molecular weight is 495 g/mol. The molecule has 0 bridgehead atoms. The van der Waals surface area contributed by atoms with Crippen molar-refractivity contribution in [2.45, 2.75) is 39.5 Å². The van der Waals surface area contributed by atoms with Crippen molar-refractivity contribution in [2.75, 3.05) is 26.6 Å². The minimum absolute atomic E-state index is 0.0314. The van der Waals surface area contributed by atoms with E-state index in [4.69, 9.17) is 14.2 Å². The summed E-state index contributed by atoms with van der Waals surface area (Å²) in [6, 6.07) is 9.21. The number of amides is 1. The largest absolute Gasteiger partial charge is 0.493 e. The fourth-order valence-corrected chi connectivity index (χ4v) is 5.10. The molecule has 1 amide bonds. The maximum Gasteiger partial charge on any atom is 0.254 e. The molecular formula is C28H31FN2O5. The highest BCUT2D eigenvalue weighted by Crippen LogP contribution is 2.49. The Morgan fingerprint density at radius 2 is 1.72 bits per heavy atom. The van der Waals surface area contributed by atoms with Crippen molar-refractivity contribution in [1.82, 2.24) is 5.32 Å². The van der Waals surface area contributed by atoms with Crippen molar-refractivity contribution in [3.8, 4) is 17.2 Å². The summed E-state index contributed by atoms with van der Waals surface area (Å²) in [7, 11) is 4.54. The fraction of sp³-hybridized carbons (Fsp3) is 0.357. The highest BCUT2D eigenvalue weighted by atomic mass is 19.1. The van der Waals surface area contributed by atoms with Gasteiger partial charge in [-0.15, -0.1) is 0 Å². The predicted octanol–water partition coefficient (Wildman–Crippen LogP) is 5.09. The van der Waals surface area contributed by atoms with E-state index in [1.54, 1.807) is 25.1 Å². The lowest BCUT2D eigenvalue weighted by molar-refractivity contribution is -0.118. The van der Waals surface area contributed by atoms with Crippen LogP contribution in [0, 0.1) is 11.2 Å². The first-order chi connectivity index (χ1) is 17.1. The number of benzene rings is 2. The van der Waals surface area contributed by atoms with Gasteiger partial charge in [-0.2, -0.15) is 0 Å². The third-order valence-electron chi connectivity index (χ3n) is 6.59. The Morgan fingerprint density at radius 1 is 1.06 bits per heavy atom. The van der Waals surface area contributed by atoms with Crippen molar-refractivity contribution in [1.29, 1.82) is 0 Å². The first kappa shape index (κ1) is 25.3. The lowest BCUT2D eigenvalue weighted by Gasteiger charge is -2.39. The molecule has 1 aliphatic heterocycles. The van der Waals surface area contributed by atoms with Crippen LogP contribution in [0.5, 0.6) is 17.2 Å². The Balaban J connectivity index is 1.90. The van der Waals surface area contributed by atoms with Crippen LogP contribution < -0.4 is 24.8 Å². The number of halogens is 1. The molecule has 190 valence electrons. The van der Waals surface area contributed by atoms with E-state index in [0.29, 0.717) is 58.2 Å². The van der Waals surface area contributed by atoms with Gasteiger partial charge >= 0.3 is 0 Å². The van der Waals surface area contributed by atoms with Crippen molar-refractivity contribution < 1.29 is 28.2 Å². The van der Waals surface area contributed by atoms with Gasteiger partial charge in [0, 0.05) is 40.6 Å². The molecule has 0 saturated carbocycles. The Labute approximate surface area is 210 Å². The maximum atomic E-state index is 13.8. The molecule has 7 nitrogen and oxygen atoms in total. The topological polar surface area (TPSA) is 85.9 Å². The summed E-state index contributed by atoms with van der Waals surface area (Å²) in [4.78, 5) is 27.2. The van der Waals surface area contributed by atoms with Crippen LogP contribution in [-0.4, -0.2) is 33.0 Å². The highest BCUT2D eigenvalue weighted by molar-refractivity contribution is 6.10. The molecule has 1 atom stereocenters. The minimum atomic E-state index is -0.688. The summed E-state index contributed by atoms with van der Waals surface area (Å²) in [5.41, 5.74) is 3.07. The van der Waals surface area contributed by atoms with Gasteiger partial charge in [0.25, 0.3) is 5.91 Å². The Hall–Kier alpha value is -3.81. The summed E-state index contributed by atoms with van der Waals surface area (Å²) in [6.07, 6.45) is 1.01. The number of carbonyl (C=O) groups is 2. The first-order valence-corrected chi connectivity index (χ1v) is 11.7. The van der Waals surface area contributed by atoms with Gasteiger partial charge in [0.05, 0.1) is 21.3 Å². The molecule has 0 fully saturated rings. The zero-order valence-electron chi connectivity index (χ0n) is 21.4. The number of ether oxygens (including phenoxy) is 3. The quantitative estimate of drug-likeness (QED) is 0.582. The molecule has 36 heavy (non-hydrogen) atoms. The van der Waals surface area contributed by atoms with Gasteiger partial charge in [0.15, 0.2) is 17.3 Å². The minimum Gasteiger partial charge on any atom is -0.493 e. The lowest BCUT2D eigenvalue weighted by Crippen LogP contribution is -2.39. The number of methoxy groups -OCH3 is 3. The van der Waals surface area contributed by atoms with E-state index in [2.05, 4.69) is 24.5 Å². The van der Waals surface area contributed by atoms with Crippen LogP contribution in [0.1, 0.15) is 45.1 Å². The molecule has 4 rings (SSSR count). The van der Waals surface area contributed by atoms with E-state index in [0.717, 1.165) is 5.70 Å². The van der Waals surface area contributed by atoms with Gasteiger partial charge in [0.2, 0.25) is 5.75 Å². The Morgan fingerprint density at radius 3 is 2.31 bits per heavy atom. The fourth-order valence-electron chi connectivity index (χ4n) is 5.10. The molecule has 8 heteroatoms. The number of hydrogen-bond acceptors (Lipinski definition) is 6. The molecule has 0 spiro atoms. The van der Waals surface area contributed by atoms with Crippen LogP contribution in [0.4, 0.5) is 10.1 Å². The van der Waals surface area contributed by atoms with Gasteiger partial charge in [0.1, 0.15) is 5.82 Å². The second-order valence-electron chi connectivity index (χ2n) is 9.85. The van der Waals surface area contributed by atoms with Crippen LogP contribution in [0.2, 0.25) is 0 Å². The van der Waals surface area contributed by atoms with Gasteiger partial charge < -0.3 is 24.8 Å². The summed E-state index contributed by atoms with van der Waals surface area (Å²) in [5.74, 6) is -0.375. The van der Waals surface area contributed by atoms with Crippen molar-refractivity contribution >= 4 is 17.4 Å². The predicted molar refractivity (Wildman–Crippen MR) is 135 cm³/mol. The molecule has 2 aliphatic rings. The Bertz CT molecular complexity index is 1270. The van der Waals surface area contributed by atoms with Crippen LogP contribution in [0.3, 0.4) is 0 Å². The summed E-state index contributed by atoms with van der Waals surface area (Å²) in [5, 5.41) is 6.12. The molecule has 0 unspecified atom stereocenters. The summed E-state index contributed by atoms with van der Waals surface area (Å²) >= 11 is 0. The van der Waals surface area contributed by atoms with E-state index in [9.17, 15) is 14.0 Å². The van der Waals surface area contributed by atoms with Crippen LogP contribution in [0.25, 0.3) is 0 Å². The van der Waals surface area contributed by atoms with Crippen LogP contribution in [0.15, 0.2) is 58.9 Å². The number of Topliss-reactive ketones (excluding diaryl/α,β-unsaturated/α-hetero) is 1. The maximum absolute atomic E-state index is 13.8.